The number of pyridine rings is 1. The van der Waals surface area contributed by atoms with Crippen LogP contribution in [0.4, 0.5) is 10.8 Å². The second kappa shape index (κ2) is 6.22. The lowest BCUT2D eigenvalue weighted by atomic mass is 10.2. The number of anilines is 2. The van der Waals surface area contributed by atoms with Gasteiger partial charge in [0.2, 0.25) is 0 Å². The van der Waals surface area contributed by atoms with E-state index in [1.165, 1.54) is 17.6 Å². The number of hydrogen-bond acceptors (Lipinski definition) is 7. The molecule has 23 heavy (non-hydrogen) atoms. The van der Waals surface area contributed by atoms with Gasteiger partial charge in [-0.3, -0.25) is 0 Å². The van der Waals surface area contributed by atoms with Crippen LogP contribution in [0.3, 0.4) is 0 Å². The van der Waals surface area contributed by atoms with Crippen molar-refractivity contribution in [3.8, 4) is 6.07 Å². The van der Waals surface area contributed by atoms with Crippen molar-refractivity contribution in [3.63, 3.8) is 0 Å². The molecule has 0 amide bonds. The number of aromatic carboxylic acids is 1. The van der Waals surface area contributed by atoms with Crippen LogP contribution < -0.4 is 9.80 Å². The molecule has 0 atom stereocenters. The summed E-state index contributed by atoms with van der Waals surface area (Å²) in [6.07, 6.45) is 0. The maximum absolute atomic E-state index is 11.0. The van der Waals surface area contributed by atoms with Crippen LogP contribution in [-0.4, -0.2) is 46.6 Å². The molecule has 0 radical (unpaired) electrons. The minimum atomic E-state index is -1.02. The highest BCUT2D eigenvalue weighted by molar-refractivity contribution is 7.10. The third kappa shape index (κ3) is 2.96. The minimum Gasteiger partial charge on any atom is -0.477 e. The van der Waals surface area contributed by atoms with Crippen molar-refractivity contribution in [2.24, 2.45) is 0 Å². The molecule has 0 aliphatic carbocycles. The Labute approximate surface area is 137 Å². The Bertz CT molecular complexity index is 774. The van der Waals surface area contributed by atoms with E-state index >= 15 is 0 Å². The molecule has 3 rings (SSSR count). The third-order valence-corrected chi connectivity index (χ3v) is 4.80. The summed E-state index contributed by atoms with van der Waals surface area (Å²) in [5.41, 5.74) is 1.47. The van der Waals surface area contributed by atoms with E-state index in [4.69, 9.17) is 5.11 Å². The van der Waals surface area contributed by atoms with Crippen LogP contribution in [0.25, 0.3) is 0 Å². The largest absolute Gasteiger partial charge is 0.477 e. The second-order valence-electron chi connectivity index (χ2n) is 5.22. The molecule has 1 aliphatic heterocycles. The van der Waals surface area contributed by atoms with Crippen LogP contribution in [0.2, 0.25) is 0 Å². The fourth-order valence-corrected chi connectivity index (χ4v) is 3.46. The Kier molecular flexibility index (Phi) is 4.12. The summed E-state index contributed by atoms with van der Waals surface area (Å²) in [5, 5.41) is 19.2. The van der Waals surface area contributed by atoms with Crippen molar-refractivity contribution < 1.29 is 9.90 Å². The normalized spacial score (nSPS) is 14.6. The van der Waals surface area contributed by atoms with E-state index in [0.717, 1.165) is 36.9 Å². The van der Waals surface area contributed by atoms with Crippen LogP contribution in [-0.2, 0) is 0 Å². The summed E-state index contributed by atoms with van der Waals surface area (Å²) in [7, 11) is 0. The van der Waals surface area contributed by atoms with E-state index < -0.39 is 5.97 Å². The van der Waals surface area contributed by atoms with Crippen molar-refractivity contribution in [3.05, 3.63) is 35.2 Å². The maximum atomic E-state index is 11.0. The summed E-state index contributed by atoms with van der Waals surface area (Å²) >= 11 is 1.35. The summed E-state index contributed by atoms with van der Waals surface area (Å²) < 4.78 is 4.26. The quantitative estimate of drug-likeness (QED) is 0.916. The average Bonchev–Trinajstić information content (AvgIpc) is 2.96. The average molecular weight is 329 g/mol. The molecule has 2 aromatic rings. The van der Waals surface area contributed by atoms with Gasteiger partial charge in [0.15, 0.2) is 5.69 Å². The van der Waals surface area contributed by atoms with Crippen molar-refractivity contribution >= 4 is 28.3 Å². The number of aryl methyl sites for hydroxylation is 1. The minimum absolute atomic E-state index is 0.0507. The zero-order valence-electron chi connectivity index (χ0n) is 12.6. The number of hydrogen-bond donors (Lipinski definition) is 1. The van der Waals surface area contributed by atoms with E-state index in [2.05, 4.69) is 25.2 Å². The summed E-state index contributed by atoms with van der Waals surface area (Å²) in [6, 6.07) is 7.23. The van der Waals surface area contributed by atoms with Crippen LogP contribution in [0.5, 0.6) is 0 Å². The third-order valence-electron chi connectivity index (χ3n) is 3.80. The van der Waals surface area contributed by atoms with Gasteiger partial charge < -0.3 is 14.9 Å². The lowest BCUT2D eigenvalue weighted by Gasteiger charge is -2.35. The molecule has 1 fully saturated rings. The smallest absolute Gasteiger partial charge is 0.354 e. The number of nitriles is 1. The molecule has 0 spiro atoms. The fourth-order valence-electron chi connectivity index (χ4n) is 2.56. The first-order valence-corrected chi connectivity index (χ1v) is 7.94. The Balaban J connectivity index is 1.72. The van der Waals surface area contributed by atoms with Crippen LogP contribution in [0, 0.1) is 18.3 Å². The zero-order chi connectivity index (χ0) is 16.4. The van der Waals surface area contributed by atoms with Gasteiger partial charge in [0, 0.05) is 26.2 Å². The highest BCUT2D eigenvalue weighted by atomic mass is 32.1. The van der Waals surface area contributed by atoms with E-state index in [9.17, 15) is 10.1 Å². The second-order valence-corrected chi connectivity index (χ2v) is 5.97. The monoisotopic (exact) mass is 329 g/mol. The van der Waals surface area contributed by atoms with Gasteiger partial charge in [0.25, 0.3) is 0 Å². The maximum Gasteiger partial charge on any atom is 0.354 e. The molecule has 7 nitrogen and oxygen atoms in total. The number of aromatic nitrogens is 2. The fraction of sp³-hybridized carbons (Fsp3) is 0.333. The lowest BCUT2D eigenvalue weighted by molar-refractivity contribution is 0.0690. The molecular weight excluding hydrogens is 314 g/mol. The van der Waals surface area contributed by atoms with Crippen molar-refractivity contribution in [1.82, 2.24) is 9.36 Å². The molecule has 0 bridgehead atoms. The van der Waals surface area contributed by atoms with Gasteiger partial charge >= 0.3 is 5.97 Å². The number of rotatable bonds is 3. The number of nitrogens with zero attached hydrogens (tertiary/aromatic N) is 5. The Morgan fingerprint density at radius 3 is 2.65 bits per heavy atom. The lowest BCUT2D eigenvalue weighted by Crippen LogP contribution is -2.46. The predicted molar refractivity (Wildman–Crippen MR) is 87.2 cm³/mol. The standard InChI is InChI=1S/C15H15N5O2S/c1-10-11(9-16)14(23-18-10)20-7-5-19(6-8-20)13-4-2-3-12(17-13)15(21)22/h2-4H,5-8H2,1H3,(H,21,22). The summed E-state index contributed by atoms with van der Waals surface area (Å²) in [5.74, 6) is -0.352. The van der Waals surface area contributed by atoms with Crippen LogP contribution >= 0.6 is 11.5 Å². The van der Waals surface area contributed by atoms with Gasteiger partial charge in [-0.25, -0.2) is 9.78 Å². The SMILES string of the molecule is Cc1nsc(N2CCN(c3cccc(C(=O)O)n3)CC2)c1C#N. The molecule has 0 unspecified atom stereocenters. The molecule has 2 aromatic heterocycles. The van der Waals surface area contributed by atoms with Gasteiger partial charge in [0.05, 0.1) is 5.69 Å². The summed E-state index contributed by atoms with van der Waals surface area (Å²) in [4.78, 5) is 19.4. The molecular formula is C15H15N5O2S. The number of carbonyl (C=O) groups is 1. The molecule has 1 N–H and O–H groups in total. The van der Waals surface area contributed by atoms with Gasteiger partial charge in [-0.15, -0.1) is 0 Å². The van der Waals surface area contributed by atoms with Crippen molar-refractivity contribution in [1.29, 1.82) is 5.26 Å². The number of piperazine rings is 1. The molecule has 1 aliphatic rings. The van der Waals surface area contributed by atoms with Gasteiger partial charge in [-0.1, -0.05) is 6.07 Å². The highest BCUT2D eigenvalue weighted by Gasteiger charge is 2.23. The predicted octanol–water partition coefficient (Wildman–Crippen LogP) is 1.74. The van der Waals surface area contributed by atoms with E-state index in [-0.39, 0.29) is 5.69 Å². The topological polar surface area (TPSA) is 93.3 Å². The highest BCUT2D eigenvalue weighted by Crippen LogP contribution is 2.29. The Hall–Kier alpha value is -2.66. The van der Waals surface area contributed by atoms with Crippen LogP contribution in [0.15, 0.2) is 18.2 Å². The van der Waals surface area contributed by atoms with E-state index in [1.807, 2.05) is 13.0 Å². The van der Waals surface area contributed by atoms with E-state index in [1.54, 1.807) is 6.07 Å². The van der Waals surface area contributed by atoms with Crippen LogP contribution in [0.1, 0.15) is 21.7 Å². The first-order valence-electron chi connectivity index (χ1n) is 7.16. The van der Waals surface area contributed by atoms with Crippen molar-refractivity contribution in [2.75, 3.05) is 36.0 Å². The molecule has 8 heteroatoms. The molecule has 0 saturated carbocycles. The molecule has 0 aromatic carbocycles. The van der Waals surface area contributed by atoms with E-state index in [0.29, 0.717) is 11.4 Å². The zero-order valence-corrected chi connectivity index (χ0v) is 13.4. The molecule has 118 valence electrons. The Morgan fingerprint density at radius 2 is 2.00 bits per heavy atom. The summed E-state index contributed by atoms with van der Waals surface area (Å²) in [6.45, 7) is 4.77. The van der Waals surface area contributed by atoms with Gasteiger partial charge in [-0.2, -0.15) is 9.64 Å². The Morgan fingerprint density at radius 1 is 1.30 bits per heavy atom. The first kappa shape index (κ1) is 15.2. The van der Waals surface area contributed by atoms with Gasteiger partial charge in [-0.05, 0) is 30.6 Å². The number of carboxylic acid groups (broad SMARTS) is 1. The first-order chi connectivity index (χ1) is 11.1. The number of carboxylic acids is 1. The molecule has 3 heterocycles. The van der Waals surface area contributed by atoms with Gasteiger partial charge in [0.1, 0.15) is 22.5 Å². The van der Waals surface area contributed by atoms with Crippen molar-refractivity contribution in [2.45, 2.75) is 6.92 Å². The molecule has 1 saturated heterocycles.